The Bertz CT molecular complexity index is 2580. The van der Waals surface area contributed by atoms with Crippen molar-refractivity contribution in [2.45, 2.75) is 227 Å². The summed E-state index contributed by atoms with van der Waals surface area (Å²) in [6.07, 6.45) is 0.208. The maximum absolute atomic E-state index is 14.6. The van der Waals surface area contributed by atoms with Gasteiger partial charge in [-0.1, -0.05) is 90.9 Å². The second kappa shape index (κ2) is 31.8. The van der Waals surface area contributed by atoms with Crippen LogP contribution >= 0.6 is 0 Å². The number of carbonyl (C=O) groups is 10. The summed E-state index contributed by atoms with van der Waals surface area (Å²) in [5.74, 6) is -7.13. The maximum atomic E-state index is 14.6. The van der Waals surface area contributed by atoms with E-state index in [9.17, 15) is 47.9 Å². The molecule has 2 aromatic carbocycles. The van der Waals surface area contributed by atoms with Crippen LogP contribution in [0.4, 0.5) is 0 Å². The van der Waals surface area contributed by atoms with Gasteiger partial charge in [0.25, 0.3) is 0 Å². The summed E-state index contributed by atoms with van der Waals surface area (Å²) in [6, 6.07) is 6.46. The van der Waals surface area contributed by atoms with E-state index in [1.807, 2.05) is 54.5 Å². The van der Waals surface area contributed by atoms with Crippen molar-refractivity contribution >= 4 is 58.9 Å². The number of hydrogen-bond donors (Lipinski definition) is 8. The highest BCUT2D eigenvalue weighted by atomic mass is 16.5. The molecule has 0 spiro atoms. The Kier molecular flexibility index (Phi) is 26.4. The van der Waals surface area contributed by atoms with Gasteiger partial charge in [-0.3, -0.25) is 47.9 Å². The highest BCUT2D eigenvalue weighted by Crippen LogP contribution is 2.23. The number of carbonyl (C=O) groups excluding carboxylic acids is 10. The summed E-state index contributed by atoms with van der Waals surface area (Å²) in [7, 11) is 0. The topological polar surface area (TPSA) is 289 Å². The molecule has 2 aliphatic rings. The van der Waals surface area contributed by atoms with Crippen LogP contribution in [0.5, 0.6) is 5.75 Å². The molecule has 0 bridgehead atoms. The Morgan fingerprint density at radius 3 is 1.62 bits per heavy atom. The van der Waals surface area contributed by atoms with Gasteiger partial charge in [0, 0.05) is 44.7 Å². The van der Waals surface area contributed by atoms with Crippen LogP contribution in [0.3, 0.4) is 0 Å². The molecular formula is C63H97N9O12. The molecule has 2 heterocycles. The van der Waals surface area contributed by atoms with Crippen molar-refractivity contribution in [1.29, 1.82) is 0 Å². The zero-order chi connectivity index (χ0) is 62.8. The number of nitrogens with one attached hydrogen (secondary N) is 8. The summed E-state index contributed by atoms with van der Waals surface area (Å²) in [4.78, 5) is 144. The molecule has 2 fully saturated rings. The first-order valence-corrected chi connectivity index (χ1v) is 29.9. The van der Waals surface area contributed by atoms with Gasteiger partial charge in [0.05, 0.1) is 11.7 Å². The molecule has 0 aromatic heterocycles. The summed E-state index contributed by atoms with van der Waals surface area (Å²) < 4.78 is 12.2. The van der Waals surface area contributed by atoms with Crippen molar-refractivity contribution in [3.8, 4) is 5.75 Å². The highest BCUT2D eigenvalue weighted by Gasteiger charge is 2.41. The van der Waals surface area contributed by atoms with Crippen molar-refractivity contribution in [3.05, 3.63) is 65.7 Å². The predicted molar refractivity (Wildman–Crippen MR) is 320 cm³/mol. The lowest BCUT2D eigenvalue weighted by atomic mass is 9.98. The smallest absolute Gasteiger partial charge is 0.245 e. The van der Waals surface area contributed by atoms with Crippen LogP contribution in [-0.2, 0) is 65.5 Å². The molecule has 3 unspecified atom stereocenters. The number of ether oxygens (including phenoxy) is 2. The number of nitrogens with zero attached hydrogens (tertiary/aromatic N) is 1. The SMILES string of the molecule is CC(C)C[C@@H]1NC(=O)C(Cc2ccc(OC(C)(C)C)cc2)NC(=O)[C@H](C(C)C)NC(=O)C([C@@H](C)OC(C)(C)C)NC(=O)[C@H](C)NC(=O)C2CCCN2C(=O)[C@H](CC(C)C)NC(=O)[C@H](Cc2ccccc2)NC(=O)[C@H](C)CC(=O)CCCNC1=O. The van der Waals surface area contributed by atoms with Gasteiger partial charge in [0.1, 0.15) is 65.5 Å². The number of hydrogen-bond acceptors (Lipinski definition) is 12. The lowest BCUT2D eigenvalue weighted by molar-refractivity contribution is -0.143. The van der Waals surface area contributed by atoms with E-state index in [-0.39, 0.29) is 82.1 Å². The quantitative estimate of drug-likeness (QED) is 0.146. The first kappa shape index (κ1) is 69.6. The molecule has 8 N–H and O–H groups in total. The van der Waals surface area contributed by atoms with E-state index >= 15 is 0 Å². The van der Waals surface area contributed by atoms with Gasteiger partial charge >= 0.3 is 0 Å². The molecule has 0 saturated carbocycles. The number of ketones is 1. The fourth-order valence-corrected chi connectivity index (χ4v) is 10.2. The number of rotatable bonds is 12. The van der Waals surface area contributed by atoms with E-state index in [4.69, 9.17) is 9.47 Å². The molecule has 2 saturated heterocycles. The second-order valence-electron chi connectivity index (χ2n) is 25.9. The van der Waals surface area contributed by atoms with Gasteiger partial charge in [0.2, 0.25) is 53.2 Å². The van der Waals surface area contributed by atoms with Crippen LogP contribution in [0.1, 0.15) is 160 Å². The fourth-order valence-electron chi connectivity index (χ4n) is 10.2. The summed E-state index contributed by atoms with van der Waals surface area (Å²) in [5.41, 5.74) is 0.0679. The van der Waals surface area contributed by atoms with Crippen LogP contribution in [0, 0.1) is 23.7 Å². The van der Waals surface area contributed by atoms with Gasteiger partial charge in [-0.05, 0) is 129 Å². The monoisotopic (exact) mass is 1170 g/mol. The molecule has 9 amide bonds. The van der Waals surface area contributed by atoms with Crippen LogP contribution in [0.2, 0.25) is 0 Å². The van der Waals surface area contributed by atoms with Crippen molar-refractivity contribution in [3.63, 3.8) is 0 Å². The number of Topliss-reactive ketones (excluding diaryl/α,β-unsaturated/α-hetero) is 1. The van der Waals surface area contributed by atoms with E-state index in [2.05, 4.69) is 42.5 Å². The van der Waals surface area contributed by atoms with E-state index in [0.29, 0.717) is 17.7 Å². The molecule has 84 heavy (non-hydrogen) atoms. The molecule has 0 radical (unpaired) electrons. The molecule has 2 aromatic rings. The van der Waals surface area contributed by atoms with Crippen LogP contribution in [0.15, 0.2) is 54.6 Å². The van der Waals surface area contributed by atoms with Gasteiger partial charge in [-0.15, -0.1) is 0 Å². The molecule has 21 nitrogen and oxygen atoms in total. The molecule has 10 atom stereocenters. The second-order valence-corrected chi connectivity index (χ2v) is 25.9. The van der Waals surface area contributed by atoms with E-state index in [1.165, 1.54) is 11.8 Å². The first-order valence-electron chi connectivity index (χ1n) is 29.9. The minimum absolute atomic E-state index is 0.0113. The number of benzene rings is 2. The minimum Gasteiger partial charge on any atom is -0.488 e. The molecule has 0 aliphatic carbocycles. The lowest BCUT2D eigenvalue weighted by Gasteiger charge is -2.33. The number of fused-ring (bicyclic) bond motifs is 1. The molecular weight excluding hydrogens is 1070 g/mol. The van der Waals surface area contributed by atoms with Crippen LogP contribution < -0.4 is 47.3 Å². The van der Waals surface area contributed by atoms with Crippen LogP contribution in [0.25, 0.3) is 0 Å². The zero-order valence-electron chi connectivity index (χ0n) is 52.3. The first-order chi connectivity index (χ1) is 39.2. The largest absolute Gasteiger partial charge is 0.488 e. The molecule has 21 heteroatoms. The summed E-state index contributed by atoms with van der Waals surface area (Å²) in [5, 5.41) is 22.5. The zero-order valence-corrected chi connectivity index (χ0v) is 52.3. The standard InChI is InChI=1S/C63H97N9O12/c1-36(2)31-46-55(76)64-29-19-23-44(73)33-39(7)53(74)66-47(34-42-21-17-16-18-22-42)57(78)69-49(32-37(3)4)61(82)72-30-20-24-50(72)58(79)65-40(8)54(75)71-52(41(9)83-62(10,11)12)60(81)70-51(38(5)6)59(80)68-48(56(77)67-46)35-43-25-27-45(28-26-43)84-63(13,14)15/h16-18,21-22,25-28,36-41,46-52H,19-20,23-24,29-35H2,1-15H3,(H,64,76)(H,65,79)(H,66,74)(H,67,77)(H,68,80)(H,69,78)(H,70,81)(H,71,75)/t39-,40+,41-,46+,47+,48?,49+,50?,51+,52?/m1/s1. The van der Waals surface area contributed by atoms with Gasteiger partial charge < -0.3 is 56.9 Å². The third kappa shape index (κ3) is 22.9. The van der Waals surface area contributed by atoms with E-state index < -0.39 is 131 Å². The highest BCUT2D eigenvalue weighted by molar-refractivity contribution is 5.99. The molecule has 466 valence electrons. The Morgan fingerprint density at radius 1 is 0.536 bits per heavy atom. The Labute approximate surface area is 497 Å². The summed E-state index contributed by atoms with van der Waals surface area (Å²) >= 11 is 0. The maximum Gasteiger partial charge on any atom is 0.245 e. The van der Waals surface area contributed by atoms with Gasteiger partial charge in [-0.25, -0.2) is 0 Å². The Hall–Kier alpha value is -6.90. The summed E-state index contributed by atoms with van der Waals surface area (Å²) in [6.45, 7) is 26.9. The van der Waals surface area contributed by atoms with Crippen molar-refractivity contribution < 1.29 is 57.4 Å². The minimum atomic E-state index is -1.43. The third-order valence-electron chi connectivity index (χ3n) is 14.3. The predicted octanol–water partition coefficient (Wildman–Crippen LogP) is 4.51. The van der Waals surface area contributed by atoms with Crippen molar-refractivity contribution in [2.75, 3.05) is 13.1 Å². The molecule has 2 aliphatic heterocycles. The fraction of sp³-hybridized carbons (Fsp3) is 0.651. The Balaban J connectivity index is 1.75. The van der Waals surface area contributed by atoms with Gasteiger partial charge in [0.15, 0.2) is 0 Å². The van der Waals surface area contributed by atoms with E-state index in [1.54, 1.807) is 97.0 Å². The van der Waals surface area contributed by atoms with Crippen molar-refractivity contribution in [2.24, 2.45) is 23.7 Å². The van der Waals surface area contributed by atoms with Gasteiger partial charge in [-0.2, -0.15) is 0 Å². The number of amides is 9. The average molecular weight is 1170 g/mol. The molecule has 4 rings (SSSR count). The van der Waals surface area contributed by atoms with Crippen LogP contribution in [-0.4, -0.2) is 143 Å². The average Bonchev–Trinajstić information content (AvgIpc) is 4.11. The lowest BCUT2D eigenvalue weighted by Crippen LogP contribution is -2.63. The normalized spacial score (nSPS) is 25.6. The van der Waals surface area contributed by atoms with Crippen molar-refractivity contribution in [1.82, 2.24) is 47.4 Å². The Morgan fingerprint density at radius 2 is 1.06 bits per heavy atom. The van der Waals surface area contributed by atoms with E-state index in [0.717, 1.165) is 5.56 Å². The third-order valence-corrected chi connectivity index (χ3v) is 14.3.